The lowest BCUT2D eigenvalue weighted by Crippen LogP contribution is -2.00. The van der Waals surface area contributed by atoms with Gasteiger partial charge in [0.25, 0.3) is 0 Å². The summed E-state index contributed by atoms with van der Waals surface area (Å²) in [4.78, 5) is 10.7. The van der Waals surface area contributed by atoms with E-state index in [4.69, 9.17) is 16.7 Å². The summed E-state index contributed by atoms with van der Waals surface area (Å²) in [5.74, 6) is -1.83. The van der Waals surface area contributed by atoms with Crippen molar-refractivity contribution in [2.24, 2.45) is 0 Å². The molecule has 0 unspecified atom stereocenters. The molecule has 1 aromatic rings. The van der Waals surface area contributed by atoms with Crippen molar-refractivity contribution in [1.29, 1.82) is 0 Å². The van der Waals surface area contributed by atoms with Crippen molar-refractivity contribution >= 4 is 29.3 Å². The fourth-order valence-electron chi connectivity index (χ4n) is 0.900. The van der Waals surface area contributed by atoms with Gasteiger partial charge in [-0.25, -0.2) is 9.18 Å². The van der Waals surface area contributed by atoms with Gasteiger partial charge in [-0.2, -0.15) is 0 Å². The summed E-state index contributed by atoms with van der Waals surface area (Å²) in [7, 11) is 0. The summed E-state index contributed by atoms with van der Waals surface area (Å²) in [6.45, 7) is 0. The molecule has 1 rings (SSSR count). The number of carboxylic acid groups (broad SMARTS) is 1. The second kappa shape index (κ2) is 3.98. The van der Waals surface area contributed by atoms with Crippen LogP contribution in [0, 0.1) is 5.82 Å². The zero-order valence-corrected chi connectivity index (χ0v) is 8.25. The molecule has 13 heavy (non-hydrogen) atoms. The van der Waals surface area contributed by atoms with Crippen LogP contribution in [-0.2, 0) is 0 Å². The maximum Gasteiger partial charge on any atom is 0.336 e. The normalized spacial score (nSPS) is 10.1. The molecule has 0 aliphatic heterocycles. The smallest absolute Gasteiger partial charge is 0.336 e. The number of rotatable bonds is 2. The molecule has 0 saturated carbocycles. The fraction of sp³-hybridized carbons (Fsp3) is 0.125. The number of carbonyl (C=O) groups is 1. The average Bonchev–Trinajstić information content (AvgIpc) is 2.09. The van der Waals surface area contributed by atoms with E-state index >= 15 is 0 Å². The van der Waals surface area contributed by atoms with Crippen molar-refractivity contribution < 1.29 is 14.3 Å². The molecule has 0 atom stereocenters. The maximum atomic E-state index is 13.2. The van der Waals surface area contributed by atoms with Crippen molar-refractivity contribution in [2.45, 2.75) is 4.90 Å². The van der Waals surface area contributed by atoms with Crippen LogP contribution in [0.5, 0.6) is 0 Å². The molecule has 5 heteroatoms. The lowest BCUT2D eigenvalue weighted by Gasteiger charge is -2.04. The highest BCUT2D eigenvalue weighted by molar-refractivity contribution is 7.98. The summed E-state index contributed by atoms with van der Waals surface area (Å²) in [5.41, 5.74) is -0.0607. The third-order valence-corrected chi connectivity index (χ3v) is 2.58. The number of benzene rings is 1. The van der Waals surface area contributed by atoms with Crippen molar-refractivity contribution in [2.75, 3.05) is 6.26 Å². The van der Waals surface area contributed by atoms with Crippen LogP contribution in [0.4, 0.5) is 4.39 Å². The second-order valence-electron chi connectivity index (χ2n) is 2.25. The molecule has 0 spiro atoms. The Balaban J connectivity index is 3.38. The molecule has 0 aliphatic carbocycles. The van der Waals surface area contributed by atoms with Gasteiger partial charge in [-0.1, -0.05) is 11.6 Å². The monoisotopic (exact) mass is 220 g/mol. The quantitative estimate of drug-likeness (QED) is 0.779. The highest BCUT2D eigenvalue weighted by atomic mass is 35.5. The van der Waals surface area contributed by atoms with Gasteiger partial charge in [0.1, 0.15) is 0 Å². The topological polar surface area (TPSA) is 37.3 Å². The van der Waals surface area contributed by atoms with Gasteiger partial charge in [-0.05, 0) is 18.4 Å². The number of thioether (sulfide) groups is 1. The van der Waals surface area contributed by atoms with Gasteiger partial charge in [-0.3, -0.25) is 0 Å². The largest absolute Gasteiger partial charge is 0.478 e. The van der Waals surface area contributed by atoms with E-state index in [2.05, 4.69) is 0 Å². The first kappa shape index (κ1) is 10.3. The van der Waals surface area contributed by atoms with Gasteiger partial charge in [0.2, 0.25) is 0 Å². The Bertz CT molecular complexity index is 354. The minimum atomic E-state index is -1.15. The SMILES string of the molecule is CSc1c(C(=O)O)ccc(Cl)c1F. The highest BCUT2D eigenvalue weighted by Gasteiger charge is 2.15. The number of hydrogen-bond donors (Lipinski definition) is 1. The molecule has 1 aromatic carbocycles. The average molecular weight is 221 g/mol. The van der Waals surface area contributed by atoms with Gasteiger partial charge < -0.3 is 5.11 Å². The first-order valence-electron chi connectivity index (χ1n) is 3.33. The zero-order chi connectivity index (χ0) is 10.0. The molecule has 0 aromatic heterocycles. The van der Waals surface area contributed by atoms with Crippen LogP contribution in [0.2, 0.25) is 5.02 Å². The van der Waals surface area contributed by atoms with E-state index < -0.39 is 11.8 Å². The van der Waals surface area contributed by atoms with E-state index in [0.717, 1.165) is 11.8 Å². The number of halogens is 2. The molecule has 0 aliphatic rings. The molecular weight excluding hydrogens is 215 g/mol. The standard InChI is InChI=1S/C8H6ClFO2S/c1-13-7-4(8(11)12)2-3-5(9)6(7)10/h2-3H,1H3,(H,11,12). The van der Waals surface area contributed by atoms with Crippen LogP contribution in [-0.4, -0.2) is 17.3 Å². The molecule has 2 nitrogen and oxygen atoms in total. The first-order valence-corrected chi connectivity index (χ1v) is 4.93. The van der Waals surface area contributed by atoms with E-state index in [1.165, 1.54) is 12.1 Å². The minimum Gasteiger partial charge on any atom is -0.478 e. The molecule has 0 bridgehead atoms. The van der Waals surface area contributed by atoms with Crippen molar-refractivity contribution in [3.63, 3.8) is 0 Å². The van der Waals surface area contributed by atoms with Gasteiger partial charge >= 0.3 is 5.97 Å². The Labute approximate surface area is 83.7 Å². The lowest BCUT2D eigenvalue weighted by molar-refractivity contribution is 0.0692. The minimum absolute atomic E-state index is 0.0607. The molecule has 70 valence electrons. The fourth-order valence-corrected chi connectivity index (χ4v) is 1.78. The Morgan fingerprint density at radius 1 is 1.62 bits per heavy atom. The van der Waals surface area contributed by atoms with E-state index in [0.29, 0.717) is 0 Å². The van der Waals surface area contributed by atoms with Crippen LogP contribution in [0.15, 0.2) is 17.0 Å². The van der Waals surface area contributed by atoms with E-state index in [9.17, 15) is 9.18 Å². The number of hydrogen-bond acceptors (Lipinski definition) is 2. The predicted octanol–water partition coefficient (Wildman–Crippen LogP) is 2.90. The summed E-state index contributed by atoms with van der Waals surface area (Å²) in [5, 5.41) is 8.63. The molecular formula is C8H6ClFO2S. The van der Waals surface area contributed by atoms with E-state index in [1.807, 2.05) is 0 Å². The molecule has 0 amide bonds. The van der Waals surface area contributed by atoms with Gasteiger partial charge in [0.05, 0.1) is 15.5 Å². The maximum absolute atomic E-state index is 13.2. The number of aromatic carboxylic acids is 1. The van der Waals surface area contributed by atoms with Crippen LogP contribution >= 0.6 is 23.4 Å². The molecule has 0 radical (unpaired) electrons. The van der Waals surface area contributed by atoms with Crippen LogP contribution in [0.1, 0.15) is 10.4 Å². The molecule has 0 heterocycles. The Morgan fingerprint density at radius 2 is 2.23 bits per heavy atom. The molecule has 0 fully saturated rings. The molecule has 0 saturated heterocycles. The summed E-state index contributed by atoms with van der Waals surface area (Å²) in [6.07, 6.45) is 1.60. The number of carboxylic acids is 1. The van der Waals surface area contributed by atoms with Crippen LogP contribution < -0.4 is 0 Å². The highest BCUT2D eigenvalue weighted by Crippen LogP contribution is 2.28. The lowest BCUT2D eigenvalue weighted by atomic mass is 10.2. The Morgan fingerprint density at radius 3 is 2.69 bits per heavy atom. The van der Waals surface area contributed by atoms with E-state index in [1.54, 1.807) is 6.26 Å². The van der Waals surface area contributed by atoms with Crippen molar-refractivity contribution in [3.05, 3.63) is 28.5 Å². The van der Waals surface area contributed by atoms with Crippen LogP contribution in [0.3, 0.4) is 0 Å². The first-order chi connectivity index (χ1) is 6.07. The second-order valence-corrected chi connectivity index (χ2v) is 3.47. The summed E-state index contributed by atoms with van der Waals surface area (Å²) in [6, 6.07) is 2.53. The summed E-state index contributed by atoms with van der Waals surface area (Å²) < 4.78 is 13.2. The van der Waals surface area contributed by atoms with Crippen molar-refractivity contribution in [3.8, 4) is 0 Å². The summed E-state index contributed by atoms with van der Waals surface area (Å²) >= 11 is 6.51. The third-order valence-electron chi connectivity index (χ3n) is 1.48. The van der Waals surface area contributed by atoms with E-state index in [-0.39, 0.29) is 15.5 Å². The zero-order valence-electron chi connectivity index (χ0n) is 6.67. The van der Waals surface area contributed by atoms with Crippen LogP contribution in [0.25, 0.3) is 0 Å². The van der Waals surface area contributed by atoms with Gasteiger partial charge in [0.15, 0.2) is 5.82 Å². The van der Waals surface area contributed by atoms with Crippen molar-refractivity contribution in [1.82, 2.24) is 0 Å². The Hall–Kier alpha value is -0.740. The molecule has 1 N–H and O–H groups in total. The predicted molar refractivity (Wildman–Crippen MR) is 50.2 cm³/mol. The van der Waals surface area contributed by atoms with Gasteiger partial charge in [-0.15, -0.1) is 11.8 Å². The Kier molecular flexibility index (Phi) is 3.17. The third kappa shape index (κ3) is 1.95. The van der Waals surface area contributed by atoms with Gasteiger partial charge in [0, 0.05) is 0 Å².